The van der Waals surface area contributed by atoms with Gasteiger partial charge in [-0.3, -0.25) is 9.59 Å². The maximum atomic E-state index is 13.6. The molecule has 0 aliphatic heterocycles. The van der Waals surface area contributed by atoms with Crippen LogP contribution in [0.1, 0.15) is 57.9 Å². The summed E-state index contributed by atoms with van der Waals surface area (Å²) in [6, 6.07) is 18.1. The van der Waals surface area contributed by atoms with Gasteiger partial charge in [0.15, 0.2) is 0 Å². The highest BCUT2D eigenvalue weighted by molar-refractivity contribution is 6.23. The summed E-state index contributed by atoms with van der Waals surface area (Å²) in [4.78, 5) is 26.9. The first-order valence-corrected chi connectivity index (χ1v) is 11.1. The number of hydrogen-bond donors (Lipinski definition) is 0. The van der Waals surface area contributed by atoms with E-state index in [1.807, 2.05) is 56.3 Å². The average Bonchev–Trinajstić information content (AvgIpc) is 3.20. The quantitative estimate of drug-likeness (QED) is 0.473. The van der Waals surface area contributed by atoms with Gasteiger partial charge in [0.05, 0.1) is 19.9 Å². The summed E-state index contributed by atoms with van der Waals surface area (Å²) in [5, 5.41) is -1.08. The normalized spacial score (nSPS) is 29.7. The minimum Gasteiger partial charge on any atom is -0.466 e. The van der Waals surface area contributed by atoms with Crippen molar-refractivity contribution < 1.29 is 14.3 Å². The number of esters is 1. The van der Waals surface area contributed by atoms with Crippen LogP contribution in [0.5, 0.6) is 0 Å². The van der Waals surface area contributed by atoms with Crippen molar-refractivity contribution in [2.45, 2.75) is 57.7 Å². The molecule has 2 aliphatic rings. The lowest BCUT2D eigenvalue weighted by Gasteiger charge is -2.45. The Labute approximate surface area is 180 Å². The number of rotatable bonds is 7. The molecule has 2 aromatic carbocycles. The van der Waals surface area contributed by atoms with Crippen molar-refractivity contribution in [3.05, 3.63) is 60.2 Å². The molecule has 2 aliphatic carbocycles. The number of ketones is 1. The molecule has 30 heavy (non-hydrogen) atoms. The molecule has 0 amide bonds. The summed E-state index contributed by atoms with van der Waals surface area (Å²) < 4.78 is 5.56. The Morgan fingerprint density at radius 1 is 0.900 bits per heavy atom. The molecule has 0 aromatic heterocycles. The van der Waals surface area contributed by atoms with Crippen molar-refractivity contribution in [2.24, 2.45) is 10.8 Å². The smallest absolute Gasteiger partial charge is 0.312 e. The molecule has 2 saturated carbocycles. The molecule has 2 radical (unpaired) electrons. The van der Waals surface area contributed by atoms with Gasteiger partial charge in [-0.05, 0) is 61.0 Å². The number of benzene rings is 2. The largest absolute Gasteiger partial charge is 0.466 e. The van der Waals surface area contributed by atoms with Gasteiger partial charge < -0.3 is 4.74 Å². The lowest BCUT2D eigenvalue weighted by atomic mass is 9.45. The van der Waals surface area contributed by atoms with Crippen LogP contribution >= 0.6 is 0 Å². The second-order valence-corrected chi connectivity index (χ2v) is 8.78. The monoisotopic (exact) mass is 400 g/mol. The highest BCUT2D eigenvalue weighted by atomic mass is 16.5. The third-order valence-electron chi connectivity index (χ3n) is 7.58. The van der Waals surface area contributed by atoms with E-state index >= 15 is 0 Å². The molecule has 154 valence electrons. The van der Waals surface area contributed by atoms with Crippen LogP contribution in [0.2, 0.25) is 0 Å². The van der Waals surface area contributed by atoms with E-state index in [0.29, 0.717) is 38.7 Å². The van der Waals surface area contributed by atoms with Gasteiger partial charge >= 0.3 is 5.97 Å². The lowest BCUT2D eigenvalue weighted by molar-refractivity contribution is -0.156. The van der Waals surface area contributed by atoms with Crippen LogP contribution in [0.4, 0.5) is 0 Å². The Kier molecular flexibility index (Phi) is 5.38. The first-order valence-electron chi connectivity index (χ1n) is 11.1. The SMILES string of the molecule is [B]C1(c2ccccc2-c2ccccc2)C2(C(=O)CCC)CCC1(C(=O)OCC)CC2. The molecule has 2 fully saturated rings. The van der Waals surface area contributed by atoms with Gasteiger partial charge in [0.25, 0.3) is 0 Å². The van der Waals surface area contributed by atoms with Gasteiger partial charge in [0.1, 0.15) is 5.78 Å². The predicted molar refractivity (Wildman–Crippen MR) is 119 cm³/mol. The molecule has 0 spiro atoms. The van der Waals surface area contributed by atoms with Crippen molar-refractivity contribution in [2.75, 3.05) is 6.61 Å². The molecule has 3 nitrogen and oxygen atoms in total. The van der Waals surface area contributed by atoms with Crippen molar-refractivity contribution in [3.8, 4) is 11.1 Å². The number of hydrogen-bond acceptors (Lipinski definition) is 3. The van der Waals surface area contributed by atoms with E-state index in [2.05, 4.69) is 12.1 Å². The highest BCUT2D eigenvalue weighted by Crippen LogP contribution is 2.73. The summed E-state index contributed by atoms with van der Waals surface area (Å²) in [5.41, 5.74) is 1.34. The van der Waals surface area contributed by atoms with E-state index in [1.54, 1.807) is 0 Å². The zero-order valence-electron chi connectivity index (χ0n) is 17.9. The molecule has 2 bridgehead atoms. The first kappa shape index (κ1) is 20.9. The molecule has 1 unspecified atom stereocenters. The third kappa shape index (κ3) is 2.65. The van der Waals surface area contributed by atoms with E-state index in [1.165, 1.54) is 0 Å². The Bertz CT molecular complexity index is 908. The van der Waals surface area contributed by atoms with E-state index in [4.69, 9.17) is 12.6 Å². The highest BCUT2D eigenvalue weighted by Gasteiger charge is 2.75. The third-order valence-corrected chi connectivity index (χ3v) is 7.58. The van der Waals surface area contributed by atoms with Gasteiger partial charge in [-0.25, -0.2) is 0 Å². The molecule has 0 heterocycles. The van der Waals surface area contributed by atoms with Crippen LogP contribution in [0.25, 0.3) is 11.1 Å². The molecule has 2 aromatic rings. The zero-order valence-corrected chi connectivity index (χ0v) is 17.9. The molecule has 1 atom stereocenters. The maximum Gasteiger partial charge on any atom is 0.312 e. The van der Waals surface area contributed by atoms with Crippen molar-refractivity contribution >= 4 is 19.6 Å². The van der Waals surface area contributed by atoms with Crippen molar-refractivity contribution in [1.82, 2.24) is 0 Å². The topological polar surface area (TPSA) is 43.4 Å². The van der Waals surface area contributed by atoms with Gasteiger partial charge in [0, 0.05) is 11.8 Å². The molecule has 0 saturated heterocycles. The number of fused-ring (bicyclic) bond motifs is 2. The van der Waals surface area contributed by atoms with Gasteiger partial charge in [-0.2, -0.15) is 0 Å². The van der Waals surface area contributed by atoms with E-state index in [9.17, 15) is 9.59 Å². The fourth-order valence-corrected chi connectivity index (χ4v) is 6.16. The molecular formula is C26H29BO3. The Hall–Kier alpha value is -2.36. The molecule has 4 heteroatoms. The van der Waals surface area contributed by atoms with Crippen LogP contribution in [-0.2, 0) is 19.6 Å². The van der Waals surface area contributed by atoms with E-state index in [0.717, 1.165) is 23.1 Å². The Morgan fingerprint density at radius 3 is 2.13 bits per heavy atom. The van der Waals surface area contributed by atoms with Crippen LogP contribution < -0.4 is 0 Å². The molecular weight excluding hydrogens is 371 g/mol. The van der Waals surface area contributed by atoms with E-state index < -0.39 is 16.1 Å². The lowest BCUT2D eigenvalue weighted by Crippen LogP contribution is -2.53. The Morgan fingerprint density at radius 2 is 1.50 bits per heavy atom. The number of carbonyl (C=O) groups excluding carboxylic acids is 2. The predicted octanol–water partition coefficient (Wildman–Crippen LogP) is 5.21. The number of Topliss-reactive ketones (excluding diaryl/α,β-unsaturated/α-hetero) is 1. The number of ether oxygens (including phenoxy) is 1. The minimum absolute atomic E-state index is 0.194. The van der Waals surface area contributed by atoms with Crippen molar-refractivity contribution in [3.63, 3.8) is 0 Å². The standard InChI is InChI=1S/C26H29BO3/c1-3-10-22(28)24-15-17-25(18-16-24,23(29)30-4-2)26(24,27)21-14-9-8-13-20(21)19-11-6-5-7-12-19/h5-9,11-14H,3-4,10,15-18H2,1-2H3. The molecule has 0 N–H and O–H groups in total. The summed E-state index contributed by atoms with van der Waals surface area (Å²) in [7, 11) is 7.38. The second-order valence-electron chi connectivity index (χ2n) is 8.78. The fourth-order valence-electron chi connectivity index (χ4n) is 6.16. The second kappa shape index (κ2) is 7.72. The van der Waals surface area contributed by atoms with E-state index in [-0.39, 0.29) is 11.8 Å². The van der Waals surface area contributed by atoms with Crippen molar-refractivity contribution in [1.29, 1.82) is 0 Å². The van der Waals surface area contributed by atoms with Crippen LogP contribution in [-0.4, -0.2) is 26.2 Å². The summed E-state index contributed by atoms with van der Waals surface area (Å²) in [6.45, 7) is 4.16. The van der Waals surface area contributed by atoms with Gasteiger partial charge in [-0.15, -0.1) is 0 Å². The summed E-state index contributed by atoms with van der Waals surface area (Å²) >= 11 is 0. The maximum absolute atomic E-state index is 13.6. The summed E-state index contributed by atoms with van der Waals surface area (Å²) in [6.07, 6.45) is 3.76. The van der Waals surface area contributed by atoms with Gasteiger partial charge in [0.2, 0.25) is 0 Å². The average molecular weight is 400 g/mol. The summed E-state index contributed by atoms with van der Waals surface area (Å²) in [5.74, 6) is -0.0573. The zero-order chi connectivity index (χ0) is 21.4. The Balaban J connectivity index is 1.97. The number of carbonyl (C=O) groups is 2. The fraction of sp³-hybridized carbons (Fsp3) is 0.462. The molecule has 4 rings (SSSR count). The first-order chi connectivity index (χ1) is 14.5. The minimum atomic E-state index is -1.08. The van der Waals surface area contributed by atoms with Crippen LogP contribution in [0.15, 0.2) is 54.6 Å². The van der Waals surface area contributed by atoms with Gasteiger partial charge in [-0.1, -0.05) is 61.5 Å². The van der Waals surface area contributed by atoms with Crippen LogP contribution in [0, 0.1) is 10.8 Å². The van der Waals surface area contributed by atoms with Crippen LogP contribution in [0.3, 0.4) is 0 Å².